The topological polar surface area (TPSA) is 81.7 Å². The molecule has 2 aliphatic rings. The van der Waals surface area contributed by atoms with E-state index >= 15 is 0 Å². The van der Waals surface area contributed by atoms with Crippen LogP contribution in [-0.4, -0.2) is 54.7 Å². The molecule has 0 radical (unpaired) electrons. The van der Waals surface area contributed by atoms with Crippen molar-refractivity contribution in [2.75, 3.05) is 32.7 Å². The van der Waals surface area contributed by atoms with Gasteiger partial charge < -0.3 is 20.6 Å². The first-order valence-corrected chi connectivity index (χ1v) is 7.63. The van der Waals surface area contributed by atoms with Crippen molar-refractivity contribution < 1.29 is 14.7 Å². The molecule has 114 valence electrons. The SMILES string of the molecule is O=C(O)C1CCC(CNC(=O)N2CCCNCC2)CC1. The average molecular weight is 283 g/mol. The van der Waals surface area contributed by atoms with E-state index in [9.17, 15) is 9.59 Å². The highest BCUT2D eigenvalue weighted by molar-refractivity contribution is 5.74. The molecule has 3 N–H and O–H groups in total. The van der Waals surface area contributed by atoms with Gasteiger partial charge in [-0.1, -0.05) is 0 Å². The minimum atomic E-state index is -0.676. The van der Waals surface area contributed by atoms with Gasteiger partial charge >= 0.3 is 12.0 Å². The lowest BCUT2D eigenvalue weighted by molar-refractivity contribution is -0.143. The van der Waals surface area contributed by atoms with Crippen LogP contribution < -0.4 is 10.6 Å². The van der Waals surface area contributed by atoms with Crippen molar-refractivity contribution in [3.8, 4) is 0 Å². The summed E-state index contributed by atoms with van der Waals surface area (Å²) in [5.74, 6) is -0.428. The van der Waals surface area contributed by atoms with Gasteiger partial charge in [-0.3, -0.25) is 4.79 Å². The summed E-state index contributed by atoms with van der Waals surface area (Å²) in [6.45, 7) is 4.08. The van der Waals surface area contributed by atoms with Crippen LogP contribution >= 0.6 is 0 Å². The van der Waals surface area contributed by atoms with Crippen LogP contribution in [0.15, 0.2) is 0 Å². The third-order valence-electron chi connectivity index (χ3n) is 4.37. The lowest BCUT2D eigenvalue weighted by atomic mass is 9.82. The van der Waals surface area contributed by atoms with Crippen LogP contribution in [0.2, 0.25) is 0 Å². The largest absolute Gasteiger partial charge is 0.481 e. The molecule has 1 saturated carbocycles. The first kappa shape index (κ1) is 15.1. The van der Waals surface area contributed by atoms with Crippen molar-refractivity contribution >= 4 is 12.0 Å². The Hall–Kier alpha value is -1.30. The number of nitrogens with one attached hydrogen (secondary N) is 2. The molecule has 1 heterocycles. The molecule has 1 aliphatic carbocycles. The predicted molar refractivity (Wildman–Crippen MR) is 75.5 cm³/mol. The summed E-state index contributed by atoms with van der Waals surface area (Å²) in [7, 11) is 0. The zero-order chi connectivity index (χ0) is 14.4. The van der Waals surface area contributed by atoms with Crippen LogP contribution in [0.5, 0.6) is 0 Å². The molecule has 6 nitrogen and oxygen atoms in total. The van der Waals surface area contributed by atoms with Crippen LogP contribution in [-0.2, 0) is 4.79 Å². The summed E-state index contributed by atoms with van der Waals surface area (Å²) < 4.78 is 0. The molecule has 2 amide bonds. The predicted octanol–water partition coefficient (Wildman–Crippen LogP) is 0.882. The highest BCUT2D eigenvalue weighted by Crippen LogP contribution is 2.28. The van der Waals surface area contributed by atoms with Crippen molar-refractivity contribution in [2.45, 2.75) is 32.1 Å². The van der Waals surface area contributed by atoms with Gasteiger partial charge in [-0.05, 0) is 44.6 Å². The van der Waals surface area contributed by atoms with Gasteiger partial charge in [-0.2, -0.15) is 0 Å². The molecular weight excluding hydrogens is 258 g/mol. The normalized spacial score (nSPS) is 27.7. The smallest absolute Gasteiger partial charge is 0.317 e. The fourth-order valence-electron chi connectivity index (χ4n) is 3.01. The Labute approximate surface area is 119 Å². The van der Waals surface area contributed by atoms with Crippen LogP contribution in [0.3, 0.4) is 0 Å². The number of carbonyl (C=O) groups is 2. The number of carbonyl (C=O) groups excluding carboxylic acids is 1. The minimum absolute atomic E-state index is 0.0223. The molecule has 0 aromatic carbocycles. The summed E-state index contributed by atoms with van der Waals surface area (Å²) in [5.41, 5.74) is 0. The van der Waals surface area contributed by atoms with Gasteiger partial charge in [-0.15, -0.1) is 0 Å². The molecule has 0 spiro atoms. The Morgan fingerprint density at radius 2 is 1.90 bits per heavy atom. The Morgan fingerprint density at radius 3 is 2.60 bits per heavy atom. The van der Waals surface area contributed by atoms with Gasteiger partial charge in [0.2, 0.25) is 0 Å². The lowest BCUT2D eigenvalue weighted by Gasteiger charge is -2.27. The van der Waals surface area contributed by atoms with E-state index in [1.54, 1.807) is 0 Å². The second-order valence-corrected chi connectivity index (χ2v) is 5.83. The van der Waals surface area contributed by atoms with E-state index in [4.69, 9.17) is 5.11 Å². The number of aliphatic carboxylic acids is 1. The van der Waals surface area contributed by atoms with E-state index in [1.165, 1.54) is 0 Å². The molecule has 20 heavy (non-hydrogen) atoms. The second kappa shape index (κ2) is 7.47. The monoisotopic (exact) mass is 283 g/mol. The zero-order valence-corrected chi connectivity index (χ0v) is 11.9. The highest BCUT2D eigenvalue weighted by atomic mass is 16.4. The zero-order valence-electron chi connectivity index (χ0n) is 11.9. The van der Waals surface area contributed by atoms with Crippen LogP contribution in [0.1, 0.15) is 32.1 Å². The summed E-state index contributed by atoms with van der Waals surface area (Å²) in [5, 5.41) is 15.2. The second-order valence-electron chi connectivity index (χ2n) is 5.83. The Kier molecular flexibility index (Phi) is 5.64. The van der Waals surface area contributed by atoms with Crippen LogP contribution in [0, 0.1) is 11.8 Å². The maximum Gasteiger partial charge on any atom is 0.317 e. The molecule has 0 unspecified atom stereocenters. The number of carboxylic acid groups (broad SMARTS) is 1. The molecule has 2 fully saturated rings. The van der Waals surface area contributed by atoms with Crippen molar-refractivity contribution in [3.05, 3.63) is 0 Å². The van der Waals surface area contributed by atoms with Gasteiger partial charge in [0.15, 0.2) is 0 Å². The third-order valence-corrected chi connectivity index (χ3v) is 4.37. The molecule has 6 heteroatoms. The Morgan fingerprint density at radius 1 is 1.15 bits per heavy atom. The molecule has 2 rings (SSSR count). The molecular formula is C14H25N3O3. The van der Waals surface area contributed by atoms with Gasteiger partial charge in [0, 0.05) is 26.2 Å². The van der Waals surface area contributed by atoms with Gasteiger partial charge in [0.25, 0.3) is 0 Å². The van der Waals surface area contributed by atoms with Gasteiger partial charge in [-0.25, -0.2) is 4.79 Å². The Balaban J connectivity index is 1.67. The van der Waals surface area contributed by atoms with E-state index in [-0.39, 0.29) is 11.9 Å². The number of hydrogen-bond donors (Lipinski definition) is 3. The lowest BCUT2D eigenvalue weighted by Crippen LogP contribution is -2.43. The maximum atomic E-state index is 12.1. The van der Waals surface area contributed by atoms with Crippen molar-refractivity contribution in [1.82, 2.24) is 15.5 Å². The van der Waals surface area contributed by atoms with Gasteiger partial charge in [0.05, 0.1) is 5.92 Å². The fraction of sp³-hybridized carbons (Fsp3) is 0.857. The van der Waals surface area contributed by atoms with E-state index in [1.807, 2.05) is 4.90 Å². The molecule has 1 saturated heterocycles. The van der Waals surface area contributed by atoms with Crippen LogP contribution in [0.4, 0.5) is 4.79 Å². The number of urea groups is 1. The first-order valence-electron chi connectivity index (χ1n) is 7.63. The van der Waals surface area contributed by atoms with Crippen LogP contribution in [0.25, 0.3) is 0 Å². The number of amides is 2. The Bertz CT molecular complexity index is 333. The summed E-state index contributed by atoms with van der Waals surface area (Å²) >= 11 is 0. The molecule has 1 aliphatic heterocycles. The maximum absolute atomic E-state index is 12.1. The quantitative estimate of drug-likeness (QED) is 0.718. The molecule has 0 bridgehead atoms. The van der Waals surface area contributed by atoms with E-state index in [0.29, 0.717) is 12.5 Å². The summed E-state index contributed by atoms with van der Waals surface area (Å²) in [6.07, 6.45) is 4.28. The number of nitrogens with zero attached hydrogens (tertiary/aromatic N) is 1. The fourth-order valence-corrected chi connectivity index (χ4v) is 3.01. The summed E-state index contributed by atoms with van der Waals surface area (Å²) in [4.78, 5) is 24.8. The average Bonchev–Trinajstić information content (AvgIpc) is 2.74. The first-order chi connectivity index (χ1) is 9.66. The summed E-state index contributed by atoms with van der Waals surface area (Å²) in [6, 6.07) is 0.0223. The standard InChI is InChI=1S/C14H25N3O3/c18-13(19)12-4-2-11(3-5-12)10-16-14(20)17-8-1-6-15-7-9-17/h11-12,15H,1-10H2,(H,16,20)(H,18,19). The molecule has 0 aromatic heterocycles. The van der Waals surface area contributed by atoms with Crippen molar-refractivity contribution in [1.29, 1.82) is 0 Å². The van der Waals surface area contributed by atoms with E-state index in [0.717, 1.165) is 58.3 Å². The highest BCUT2D eigenvalue weighted by Gasteiger charge is 2.26. The number of rotatable bonds is 3. The third kappa shape index (κ3) is 4.37. The van der Waals surface area contributed by atoms with Gasteiger partial charge in [0.1, 0.15) is 0 Å². The van der Waals surface area contributed by atoms with E-state index in [2.05, 4.69) is 10.6 Å². The number of hydrogen-bond acceptors (Lipinski definition) is 3. The van der Waals surface area contributed by atoms with Crippen molar-refractivity contribution in [2.24, 2.45) is 11.8 Å². The minimum Gasteiger partial charge on any atom is -0.481 e. The van der Waals surface area contributed by atoms with Crippen molar-refractivity contribution in [3.63, 3.8) is 0 Å². The molecule has 0 aromatic rings. The van der Waals surface area contributed by atoms with E-state index < -0.39 is 5.97 Å². The molecule has 0 atom stereocenters. The number of carboxylic acids is 1.